The quantitative estimate of drug-likeness (QED) is 0.660. The second-order valence-electron chi connectivity index (χ2n) is 6.84. The summed E-state index contributed by atoms with van der Waals surface area (Å²) in [4.78, 5) is 19.7. The third-order valence-corrected chi connectivity index (χ3v) is 5.24. The number of fused-ring (bicyclic) bond motifs is 3. The molecule has 0 unspecified atom stereocenters. The number of rotatable bonds is 3. The van der Waals surface area contributed by atoms with Gasteiger partial charge < -0.3 is 10.2 Å². The summed E-state index contributed by atoms with van der Waals surface area (Å²) < 4.78 is 0. The third kappa shape index (κ3) is 4.18. The maximum atomic E-state index is 13.2. The number of benzene rings is 2. The van der Waals surface area contributed by atoms with Crippen LogP contribution in [0.3, 0.4) is 0 Å². The van der Waals surface area contributed by atoms with Crippen molar-refractivity contribution in [2.75, 3.05) is 26.7 Å². The summed E-state index contributed by atoms with van der Waals surface area (Å²) in [5.74, 6) is 0.776. The molecule has 1 aliphatic rings. The summed E-state index contributed by atoms with van der Waals surface area (Å²) in [6.45, 7) is 2.68. The molecule has 144 valence electrons. The van der Waals surface area contributed by atoms with Gasteiger partial charge in [0.25, 0.3) is 5.91 Å². The molecule has 2 heterocycles. The van der Waals surface area contributed by atoms with Crippen molar-refractivity contribution in [3.8, 4) is 0 Å². The zero-order valence-corrected chi connectivity index (χ0v) is 17.0. The van der Waals surface area contributed by atoms with Crippen molar-refractivity contribution in [1.82, 2.24) is 15.2 Å². The van der Waals surface area contributed by atoms with Crippen molar-refractivity contribution < 1.29 is 4.79 Å². The van der Waals surface area contributed by atoms with Gasteiger partial charge in [-0.25, -0.2) is 0 Å². The molecule has 0 aliphatic carbocycles. The molecule has 1 aliphatic heterocycles. The van der Waals surface area contributed by atoms with Crippen LogP contribution in [-0.4, -0.2) is 42.5 Å². The zero-order valence-electron chi connectivity index (χ0n) is 15.4. The first kappa shape index (κ1) is 21.4. The molecule has 1 amide bonds. The van der Waals surface area contributed by atoms with Gasteiger partial charge >= 0.3 is 0 Å². The van der Waals surface area contributed by atoms with E-state index in [9.17, 15) is 4.79 Å². The molecule has 0 saturated carbocycles. The maximum Gasteiger partial charge on any atom is 0.256 e. The Kier molecular flexibility index (Phi) is 7.42. The highest BCUT2D eigenvalue weighted by molar-refractivity contribution is 6.15. The van der Waals surface area contributed by atoms with E-state index in [-0.39, 0.29) is 30.7 Å². The Morgan fingerprint density at radius 1 is 1.11 bits per heavy atom. The number of likely N-dealkylation sites (tertiary alicyclic amines) is 1. The Morgan fingerprint density at radius 2 is 1.81 bits per heavy atom. The van der Waals surface area contributed by atoms with E-state index < -0.39 is 0 Å². The first-order chi connectivity index (χ1) is 12.3. The van der Waals surface area contributed by atoms with Crippen LogP contribution in [-0.2, 0) is 0 Å². The minimum Gasteiger partial charge on any atom is -0.339 e. The van der Waals surface area contributed by atoms with E-state index in [1.807, 2.05) is 36.2 Å². The fraction of sp³-hybridized carbons (Fsp3) is 0.333. The van der Waals surface area contributed by atoms with Gasteiger partial charge in [-0.1, -0.05) is 30.3 Å². The van der Waals surface area contributed by atoms with E-state index in [4.69, 9.17) is 0 Å². The highest BCUT2D eigenvalue weighted by atomic mass is 35.5. The average molecular weight is 406 g/mol. The van der Waals surface area contributed by atoms with E-state index in [1.165, 1.54) is 0 Å². The van der Waals surface area contributed by atoms with Gasteiger partial charge in [-0.2, -0.15) is 0 Å². The van der Waals surface area contributed by atoms with Crippen molar-refractivity contribution in [2.24, 2.45) is 5.92 Å². The summed E-state index contributed by atoms with van der Waals surface area (Å²) in [6.07, 6.45) is 3.89. The van der Waals surface area contributed by atoms with Gasteiger partial charge in [0.2, 0.25) is 0 Å². The molecule has 0 atom stereocenters. The van der Waals surface area contributed by atoms with Gasteiger partial charge in [0.1, 0.15) is 0 Å². The van der Waals surface area contributed by atoms with Crippen LogP contribution in [0.1, 0.15) is 23.2 Å². The molecule has 3 aromatic rings. The zero-order chi connectivity index (χ0) is 17.2. The Bertz CT molecular complexity index is 924. The third-order valence-electron chi connectivity index (χ3n) is 5.24. The Morgan fingerprint density at radius 3 is 2.56 bits per heavy atom. The molecule has 2 aromatic carbocycles. The molecule has 1 N–H and O–H groups in total. The van der Waals surface area contributed by atoms with Crippen molar-refractivity contribution in [1.29, 1.82) is 0 Å². The van der Waals surface area contributed by atoms with Crippen molar-refractivity contribution in [2.45, 2.75) is 12.8 Å². The van der Waals surface area contributed by atoms with Crippen LogP contribution in [0, 0.1) is 5.92 Å². The van der Waals surface area contributed by atoms with Gasteiger partial charge in [0.05, 0.1) is 11.1 Å². The number of halogens is 2. The molecule has 0 bridgehead atoms. The number of pyridine rings is 1. The predicted octanol–water partition coefficient (Wildman–Crippen LogP) is 4.30. The van der Waals surface area contributed by atoms with Crippen molar-refractivity contribution >= 4 is 52.4 Å². The van der Waals surface area contributed by atoms with Crippen LogP contribution >= 0.6 is 24.8 Å². The monoisotopic (exact) mass is 405 g/mol. The second kappa shape index (κ2) is 9.36. The number of carbonyl (C=O) groups excluding carboxylic acids is 1. The van der Waals surface area contributed by atoms with Crippen LogP contribution in [0.25, 0.3) is 21.7 Å². The molecule has 1 saturated heterocycles. The van der Waals surface area contributed by atoms with E-state index >= 15 is 0 Å². The fourth-order valence-electron chi connectivity index (χ4n) is 3.89. The normalized spacial score (nSPS) is 14.6. The lowest BCUT2D eigenvalue weighted by atomic mass is 9.95. The molecule has 1 aromatic heterocycles. The van der Waals surface area contributed by atoms with Crippen molar-refractivity contribution in [3.63, 3.8) is 0 Å². The first-order valence-electron chi connectivity index (χ1n) is 8.98. The molecule has 27 heavy (non-hydrogen) atoms. The summed E-state index contributed by atoms with van der Waals surface area (Å²) >= 11 is 0. The lowest BCUT2D eigenvalue weighted by molar-refractivity contribution is 0.0693. The highest BCUT2D eigenvalue weighted by Crippen LogP contribution is 2.29. The molecular weight excluding hydrogens is 381 g/mol. The minimum atomic E-state index is 0. The van der Waals surface area contributed by atoms with E-state index in [2.05, 4.69) is 28.5 Å². The van der Waals surface area contributed by atoms with Crippen LogP contribution in [0.5, 0.6) is 0 Å². The topological polar surface area (TPSA) is 45.2 Å². The molecule has 4 nitrogen and oxygen atoms in total. The van der Waals surface area contributed by atoms with Crippen LogP contribution in [0.2, 0.25) is 0 Å². The van der Waals surface area contributed by atoms with Crippen molar-refractivity contribution in [3.05, 3.63) is 54.2 Å². The van der Waals surface area contributed by atoms with Gasteiger partial charge in [-0.3, -0.25) is 9.78 Å². The standard InChI is InChI=1S/C21H23N3O.2ClH/c1-22-14-15-8-11-24(12-9-15)21(25)19-13-16-5-2-3-6-17(16)18-7-4-10-23-20(18)19;;/h2-7,10,13,15,22H,8-9,11-12,14H2,1H3;2*1H. The summed E-state index contributed by atoms with van der Waals surface area (Å²) in [6, 6.07) is 14.2. The number of hydrogen-bond donors (Lipinski definition) is 1. The first-order valence-corrected chi connectivity index (χ1v) is 8.98. The SMILES string of the molecule is CNCC1CCN(C(=O)c2cc3ccccc3c3cccnc23)CC1.Cl.Cl. The summed E-state index contributed by atoms with van der Waals surface area (Å²) in [5.41, 5.74) is 1.53. The Hall–Kier alpha value is -1.88. The van der Waals surface area contributed by atoms with Crippen LogP contribution < -0.4 is 5.32 Å². The number of piperidine rings is 1. The number of nitrogens with zero attached hydrogens (tertiary/aromatic N) is 2. The lowest BCUT2D eigenvalue weighted by Crippen LogP contribution is -2.40. The Balaban J connectivity index is 0.00000131. The van der Waals surface area contributed by atoms with Crippen LogP contribution in [0.15, 0.2) is 48.7 Å². The van der Waals surface area contributed by atoms with Gasteiger partial charge in [0.15, 0.2) is 0 Å². The molecule has 1 fully saturated rings. The van der Waals surface area contributed by atoms with E-state index in [1.54, 1.807) is 6.20 Å². The molecular formula is C21H25Cl2N3O. The summed E-state index contributed by atoms with van der Waals surface area (Å²) in [5, 5.41) is 6.54. The molecule has 0 spiro atoms. The number of aromatic nitrogens is 1. The summed E-state index contributed by atoms with van der Waals surface area (Å²) in [7, 11) is 1.99. The van der Waals surface area contributed by atoms with E-state index in [0.29, 0.717) is 5.92 Å². The van der Waals surface area contributed by atoms with Gasteiger partial charge in [-0.05, 0) is 55.3 Å². The second-order valence-corrected chi connectivity index (χ2v) is 6.84. The Labute approximate surface area is 172 Å². The van der Waals surface area contributed by atoms with E-state index in [0.717, 1.165) is 59.7 Å². The van der Waals surface area contributed by atoms with Gasteiger partial charge in [0, 0.05) is 24.7 Å². The maximum absolute atomic E-state index is 13.2. The average Bonchev–Trinajstić information content (AvgIpc) is 2.68. The lowest BCUT2D eigenvalue weighted by Gasteiger charge is -2.32. The number of hydrogen-bond acceptors (Lipinski definition) is 3. The smallest absolute Gasteiger partial charge is 0.256 e. The fourth-order valence-corrected chi connectivity index (χ4v) is 3.89. The van der Waals surface area contributed by atoms with Crippen LogP contribution in [0.4, 0.5) is 0 Å². The predicted molar refractivity (Wildman–Crippen MR) is 116 cm³/mol. The van der Waals surface area contributed by atoms with Gasteiger partial charge in [-0.15, -0.1) is 24.8 Å². The minimum absolute atomic E-state index is 0. The number of amides is 1. The number of carbonyl (C=O) groups is 1. The molecule has 4 rings (SSSR count). The highest BCUT2D eigenvalue weighted by Gasteiger charge is 2.25. The molecule has 6 heteroatoms. The molecule has 0 radical (unpaired) electrons. The number of nitrogens with one attached hydrogen (secondary N) is 1. The largest absolute Gasteiger partial charge is 0.339 e.